The predicted molar refractivity (Wildman–Crippen MR) is 180 cm³/mol. The molecule has 0 bridgehead atoms. The maximum atomic E-state index is 15.2. The van der Waals surface area contributed by atoms with Crippen molar-refractivity contribution < 1.29 is 26.3 Å². The Morgan fingerprint density at radius 2 is 0.854 bits per heavy atom. The molecule has 2 heterocycles. The Bertz CT molecular complexity index is 2560. The first-order valence-electron chi connectivity index (χ1n) is 15.4. The van der Waals surface area contributed by atoms with Crippen molar-refractivity contribution in [2.24, 2.45) is 0 Å². The topological polar surface area (TPSA) is 9.86 Å². The zero-order chi connectivity index (χ0) is 33.5. The number of hydrogen-bond acceptors (Lipinski definition) is 0. The molecule has 0 radical (unpaired) electrons. The van der Waals surface area contributed by atoms with Gasteiger partial charge in [0.25, 0.3) is 0 Å². The van der Waals surface area contributed by atoms with Crippen LogP contribution < -0.4 is 0 Å². The average molecular weight is 649 g/mol. The fourth-order valence-corrected chi connectivity index (χ4v) is 7.27. The van der Waals surface area contributed by atoms with Crippen LogP contribution in [0.15, 0.2) is 121 Å². The van der Waals surface area contributed by atoms with E-state index in [4.69, 9.17) is 0 Å². The lowest BCUT2D eigenvalue weighted by Gasteiger charge is -2.23. The molecule has 0 N–H and O–H groups in total. The Morgan fingerprint density at radius 1 is 0.417 bits per heavy atom. The number of para-hydroxylation sites is 2. The number of hydrogen-bond donors (Lipinski definition) is 0. The number of halogens is 6. The maximum Gasteiger partial charge on any atom is 0.417 e. The quantitative estimate of drug-likeness (QED) is 0.169. The van der Waals surface area contributed by atoms with Crippen LogP contribution in [0.3, 0.4) is 0 Å². The van der Waals surface area contributed by atoms with Crippen LogP contribution in [0.1, 0.15) is 22.3 Å². The minimum absolute atomic E-state index is 0.191. The first-order valence-corrected chi connectivity index (χ1v) is 15.4. The molecule has 0 saturated carbocycles. The summed E-state index contributed by atoms with van der Waals surface area (Å²) >= 11 is 0. The van der Waals surface area contributed by atoms with E-state index in [9.17, 15) is 13.2 Å². The van der Waals surface area contributed by atoms with Gasteiger partial charge in [-0.1, -0.05) is 78.9 Å². The third kappa shape index (κ3) is 4.43. The molecule has 238 valence electrons. The summed E-state index contributed by atoms with van der Waals surface area (Å²) < 4.78 is 92.5. The molecule has 48 heavy (non-hydrogen) atoms. The van der Waals surface area contributed by atoms with Gasteiger partial charge in [-0.3, -0.25) is 0 Å². The van der Waals surface area contributed by atoms with Crippen LogP contribution in [0.4, 0.5) is 26.3 Å². The second-order valence-electron chi connectivity index (χ2n) is 12.1. The molecule has 0 fully saturated rings. The van der Waals surface area contributed by atoms with E-state index in [1.54, 1.807) is 4.57 Å². The van der Waals surface area contributed by atoms with E-state index < -0.39 is 34.6 Å². The van der Waals surface area contributed by atoms with Gasteiger partial charge in [0.1, 0.15) is 0 Å². The summed E-state index contributed by atoms with van der Waals surface area (Å²) in [6.45, 7) is 3.92. The zero-order valence-corrected chi connectivity index (χ0v) is 25.7. The van der Waals surface area contributed by atoms with Crippen LogP contribution in [-0.2, 0) is 12.4 Å². The molecule has 2 aromatic heterocycles. The van der Waals surface area contributed by atoms with Crippen molar-refractivity contribution in [1.29, 1.82) is 0 Å². The lowest BCUT2D eigenvalue weighted by molar-refractivity contribution is -0.139. The summed E-state index contributed by atoms with van der Waals surface area (Å²) in [5, 5.41) is 3.54. The standard InChI is InChI=1S/C40H26F6N2/c1-23-11-9-19-33-37(23)26-14-4-7-17-31(26)47(33)35-21-28(25-13-3-6-16-29(25)39(41,42)43)30(40(44,45)46)22-36(35)48-32-18-8-5-15-27(32)38-24(2)12-10-20-34(38)48/h3-22H,1-2H3. The molecule has 0 unspecified atom stereocenters. The molecule has 8 rings (SSSR count). The van der Waals surface area contributed by atoms with Crippen LogP contribution in [0, 0.1) is 13.8 Å². The third-order valence-corrected chi connectivity index (χ3v) is 9.24. The Labute approximate surface area is 271 Å². The summed E-state index contributed by atoms with van der Waals surface area (Å²) in [5.41, 5.74) is 1.83. The molecule has 0 spiro atoms. The maximum absolute atomic E-state index is 15.2. The molecule has 0 aliphatic rings. The molecule has 0 aliphatic heterocycles. The highest BCUT2D eigenvalue weighted by Crippen LogP contribution is 2.47. The van der Waals surface area contributed by atoms with Crippen molar-refractivity contribution in [2.75, 3.05) is 0 Å². The first kappa shape index (κ1) is 29.9. The number of aryl methyl sites for hydroxylation is 2. The van der Waals surface area contributed by atoms with E-state index in [1.165, 1.54) is 18.2 Å². The SMILES string of the molecule is Cc1cccc2c1c1ccccc1n2-c1cc(-c2ccccc2C(F)(F)F)c(C(F)(F)F)cc1-n1c2ccccc2c2c(C)cccc21. The van der Waals surface area contributed by atoms with Gasteiger partial charge in [0.15, 0.2) is 0 Å². The van der Waals surface area contributed by atoms with E-state index in [0.29, 0.717) is 16.7 Å². The molecule has 0 atom stereocenters. The molecular weight excluding hydrogens is 622 g/mol. The second kappa shape index (κ2) is 10.5. The van der Waals surface area contributed by atoms with Gasteiger partial charge in [-0.05, 0) is 78.6 Å². The number of fused-ring (bicyclic) bond motifs is 6. The van der Waals surface area contributed by atoms with Crippen LogP contribution >= 0.6 is 0 Å². The minimum Gasteiger partial charge on any atom is -0.307 e. The van der Waals surface area contributed by atoms with E-state index in [0.717, 1.165) is 61.9 Å². The summed E-state index contributed by atoms with van der Waals surface area (Å²) in [7, 11) is 0. The highest BCUT2D eigenvalue weighted by molar-refractivity contribution is 6.13. The van der Waals surface area contributed by atoms with Gasteiger partial charge in [0, 0.05) is 21.5 Å². The molecular formula is C40H26F6N2. The smallest absolute Gasteiger partial charge is 0.307 e. The monoisotopic (exact) mass is 648 g/mol. The molecule has 2 nitrogen and oxygen atoms in total. The van der Waals surface area contributed by atoms with E-state index in [2.05, 4.69) is 0 Å². The fraction of sp³-hybridized carbons (Fsp3) is 0.100. The van der Waals surface area contributed by atoms with Gasteiger partial charge in [0.05, 0.1) is 44.6 Å². The second-order valence-corrected chi connectivity index (χ2v) is 12.1. The molecule has 6 aromatic carbocycles. The van der Waals surface area contributed by atoms with Gasteiger partial charge in [0.2, 0.25) is 0 Å². The lowest BCUT2D eigenvalue weighted by atomic mass is 9.93. The van der Waals surface area contributed by atoms with Crippen molar-refractivity contribution in [3.63, 3.8) is 0 Å². The number of alkyl halides is 6. The molecule has 8 aromatic rings. The van der Waals surface area contributed by atoms with Gasteiger partial charge >= 0.3 is 12.4 Å². The molecule has 8 heteroatoms. The Balaban J connectivity index is 1.63. The van der Waals surface area contributed by atoms with Crippen LogP contribution in [0.5, 0.6) is 0 Å². The average Bonchev–Trinajstić information content (AvgIpc) is 3.58. The van der Waals surface area contributed by atoms with Crippen LogP contribution in [0.25, 0.3) is 66.1 Å². The molecule has 0 amide bonds. The van der Waals surface area contributed by atoms with Crippen molar-refractivity contribution in [2.45, 2.75) is 26.2 Å². The summed E-state index contributed by atoms with van der Waals surface area (Å²) in [6, 6.07) is 33.2. The fourth-order valence-electron chi connectivity index (χ4n) is 7.27. The van der Waals surface area contributed by atoms with E-state index >= 15 is 13.2 Å². The Morgan fingerprint density at radius 3 is 1.38 bits per heavy atom. The lowest BCUT2D eigenvalue weighted by Crippen LogP contribution is -2.14. The normalized spacial score (nSPS) is 12.6. The number of rotatable bonds is 3. The van der Waals surface area contributed by atoms with Crippen molar-refractivity contribution in [3.05, 3.63) is 144 Å². The highest BCUT2D eigenvalue weighted by atomic mass is 19.4. The number of benzene rings is 6. The third-order valence-electron chi connectivity index (χ3n) is 9.24. The molecule has 0 aliphatic carbocycles. The van der Waals surface area contributed by atoms with Crippen LogP contribution in [-0.4, -0.2) is 9.13 Å². The first-order chi connectivity index (χ1) is 22.9. The van der Waals surface area contributed by atoms with Gasteiger partial charge in [-0.2, -0.15) is 26.3 Å². The van der Waals surface area contributed by atoms with Crippen molar-refractivity contribution in [3.8, 4) is 22.5 Å². The minimum atomic E-state index is -4.98. The van der Waals surface area contributed by atoms with E-state index in [1.807, 2.05) is 103 Å². The number of nitrogens with zero attached hydrogens (tertiary/aromatic N) is 2. The number of aromatic nitrogens is 2. The van der Waals surface area contributed by atoms with Gasteiger partial charge in [-0.25, -0.2) is 0 Å². The van der Waals surface area contributed by atoms with Crippen molar-refractivity contribution >= 4 is 43.6 Å². The summed E-state index contributed by atoms with van der Waals surface area (Å²) in [4.78, 5) is 0. The van der Waals surface area contributed by atoms with Crippen molar-refractivity contribution in [1.82, 2.24) is 9.13 Å². The zero-order valence-electron chi connectivity index (χ0n) is 25.7. The van der Waals surface area contributed by atoms with Crippen LogP contribution in [0.2, 0.25) is 0 Å². The van der Waals surface area contributed by atoms with Gasteiger partial charge in [-0.15, -0.1) is 0 Å². The van der Waals surface area contributed by atoms with Gasteiger partial charge < -0.3 is 9.13 Å². The Kier molecular flexibility index (Phi) is 6.54. The Hall–Kier alpha value is -5.50. The largest absolute Gasteiger partial charge is 0.417 e. The molecule has 0 saturated heterocycles. The summed E-state index contributed by atoms with van der Waals surface area (Å²) in [5.74, 6) is 0. The highest BCUT2D eigenvalue weighted by Gasteiger charge is 2.39. The predicted octanol–water partition coefficient (Wildman–Crippen LogP) is 12.2. The van der Waals surface area contributed by atoms with E-state index in [-0.39, 0.29) is 5.69 Å². The summed E-state index contributed by atoms with van der Waals surface area (Å²) in [6.07, 6.45) is -9.86.